The van der Waals surface area contributed by atoms with Gasteiger partial charge in [-0.3, -0.25) is 9.78 Å². The second-order valence-corrected chi connectivity index (χ2v) is 2.52. The van der Waals surface area contributed by atoms with Crippen LogP contribution in [0.25, 0.3) is 0 Å². The van der Waals surface area contributed by atoms with Crippen molar-refractivity contribution in [3.63, 3.8) is 0 Å². The molecule has 3 nitrogen and oxygen atoms in total. The number of hydrogen-bond acceptors (Lipinski definition) is 2. The SMILES string of the molecule is CCCCC(=O)O.Cl.c1ccncc1. The van der Waals surface area contributed by atoms with Crippen molar-refractivity contribution >= 4 is 18.4 Å². The van der Waals surface area contributed by atoms with E-state index in [0.717, 1.165) is 12.8 Å². The van der Waals surface area contributed by atoms with Gasteiger partial charge in [0.25, 0.3) is 0 Å². The highest BCUT2D eigenvalue weighted by molar-refractivity contribution is 5.85. The number of carboxylic acids is 1. The number of hydrogen-bond donors (Lipinski definition) is 1. The number of aromatic nitrogens is 1. The van der Waals surface area contributed by atoms with Crippen LogP contribution >= 0.6 is 12.4 Å². The van der Waals surface area contributed by atoms with Crippen LogP contribution in [-0.4, -0.2) is 16.1 Å². The largest absolute Gasteiger partial charge is 0.481 e. The Labute approximate surface area is 90.6 Å². The molecule has 0 unspecified atom stereocenters. The van der Waals surface area contributed by atoms with Crippen molar-refractivity contribution in [1.82, 2.24) is 4.98 Å². The van der Waals surface area contributed by atoms with Gasteiger partial charge in [-0.1, -0.05) is 19.4 Å². The monoisotopic (exact) mass is 217 g/mol. The minimum atomic E-state index is -0.693. The second kappa shape index (κ2) is 11.9. The Hall–Kier alpha value is -1.09. The van der Waals surface area contributed by atoms with E-state index in [2.05, 4.69) is 4.98 Å². The molecule has 1 aromatic rings. The van der Waals surface area contributed by atoms with Gasteiger partial charge in [0.2, 0.25) is 0 Å². The van der Waals surface area contributed by atoms with Crippen LogP contribution in [0.3, 0.4) is 0 Å². The maximum Gasteiger partial charge on any atom is 0.303 e. The van der Waals surface area contributed by atoms with E-state index in [4.69, 9.17) is 5.11 Å². The zero-order valence-corrected chi connectivity index (χ0v) is 9.04. The van der Waals surface area contributed by atoms with Crippen molar-refractivity contribution in [2.45, 2.75) is 26.2 Å². The average molecular weight is 218 g/mol. The Kier molecular flexibility index (Phi) is 13.1. The van der Waals surface area contributed by atoms with Gasteiger partial charge in [-0.05, 0) is 18.6 Å². The summed E-state index contributed by atoms with van der Waals surface area (Å²) in [4.78, 5) is 13.5. The molecule has 1 aromatic heterocycles. The van der Waals surface area contributed by atoms with E-state index in [0.29, 0.717) is 6.42 Å². The summed E-state index contributed by atoms with van der Waals surface area (Å²) in [6, 6.07) is 5.72. The smallest absolute Gasteiger partial charge is 0.303 e. The van der Waals surface area contributed by atoms with E-state index >= 15 is 0 Å². The van der Waals surface area contributed by atoms with Gasteiger partial charge >= 0.3 is 5.97 Å². The lowest BCUT2D eigenvalue weighted by molar-refractivity contribution is -0.137. The number of carbonyl (C=O) groups is 1. The third-order valence-corrected chi connectivity index (χ3v) is 1.31. The van der Waals surface area contributed by atoms with Gasteiger partial charge in [-0.15, -0.1) is 12.4 Å². The van der Waals surface area contributed by atoms with Crippen LogP contribution in [0.15, 0.2) is 30.6 Å². The first-order valence-electron chi connectivity index (χ1n) is 4.34. The molecule has 1 heterocycles. The highest BCUT2D eigenvalue weighted by Gasteiger charge is 1.90. The standard InChI is InChI=1S/C5H5N.C5H10O2.ClH/c1-2-4-6-5-3-1;1-2-3-4-5(6)7;/h1-5H;2-4H2,1H3,(H,6,7);1H. The summed E-state index contributed by atoms with van der Waals surface area (Å²) in [7, 11) is 0. The van der Waals surface area contributed by atoms with E-state index in [1.54, 1.807) is 12.4 Å². The van der Waals surface area contributed by atoms with E-state index in [-0.39, 0.29) is 12.4 Å². The van der Waals surface area contributed by atoms with Gasteiger partial charge in [-0.2, -0.15) is 0 Å². The number of rotatable bonds is 3. The molecule has 0 atom stereocenters. The number of halogens is 1. The summed E-state index contributed by atoms with van der Waals surface area (Å²) >= 11 is 0. The van der Waals surface area contributed by atoms with Gasteiger partial charge in [0.05, 0.1) is 0 Å². The molecule has 0 aliphatic heterocycles. The Morgan fingerprint density at radius 3 is 2.00 bits per heavy atom. The van der Waals surface area contributed by atoms with Crippen molar-refractivity contribution in [3.05, 3.63) is 30.6 Å². The van der Waals surface area contributed by atoms with Gasteiger partial charge in [0.1, 0.15) is 0 Å². The van der Waals surface area contributed by atoms with Crippen molar-refractivity contribution in [2.75, 3.05) is 0 Å². The van der Waals surface area contributed by atoms with Gasteiger partial charge in [0, 0.05) is 18.8 Å². The van der Waals surface area contributed by atoms with E-state index in [1.165, 1.54) is 0 Å². The predicted octanol–water partition coefficient (Wildman–Crippen LogP) is 2.76. The number of pyridine rings is 1. The van der Waals surface area contributed by atoms with E-state index in [9.17, 15) is 4.79 Å². The van der Waals surface area contributed by atoms with Crippen LogP contribution in [0.1, 0.15) is 26.2 Å². The number of carboxylic acid groups (broad SMARTS) is 1. The molecule has 0 aliphatic carbocycles. The number of unbranched alkanes of at least 4 members (excludes halogenated alkanes) is 1. The molecule has 4 heteroatoms. The summed E-state index contributed by atoms with van der Waals surface area (Å²) in [6.07, 6.45) is 5.58. The first kappa shape index (κ1) is 15.4. The number of aliphatic carboxylic acids is 1. The summed E-state index contributed by atoms with van der Waals surface area (Å²) in [6.45, 7) is 1.98. The van der Waals surface area contributed by atoms with Crippen LogP contribution in [0.2, 0.25) is 0 Å². The first-order chi connectivity index (χ1) is 6.27. The minimum Gasteiger partial charge on any atom is -0.481 e. The molecule has 0 saturated heterocycles. The van der Waals surface area contributed by atoms with Crippen LogP contribution in [-0.2, 0) is 4.79 Å². The molecule has 14 heavy (non-hydrogen) atoms. The van der Waals surface area contributed by atoms with Crippen molar-refractivity contribution < 1.29 is 9.90 Å². The Bertz CT molecular complexity index is 190. The van der Waals surface area contributed by atoms with Crippen molar-refractivity contribution in [3.8, 4) is 0 Å². The molecule has 0 amide bonds. The third kappa shape index (κ3) is 13.5. The van der Waals surface area contributed by atoms with Gasteiger partial charge in [0.15, 0.2) is 0 Å². The fraction of sp³-hybridized carbons (Fsp3) is 0.400. The molecule has 0 spiro atoms. The van der Waals surface area contributed by atoms with Crippen LogP contribution in [0, 0.1) is 0 Å². The van der Waals surface area contributed by atoms with Crippen LogP contribution in [0.4, 0.5) is 0 Å². The van der Waals surface area contributed by atoms with Crippen molar-refractivity contribution in [1.29, 1.82) is 0 Å². The Morgan fingerprint density at radius 2 is 1.86 bits per heavy atom. The summed E-state index contributed by atoms with van der Waals surface area (Å²) in [5.74, 6) is -0.693. The summed E-state index contributed by atoms with van der Waals surface area (Å²) in [5, 5.41) is 8.04. The van der Waals surface area contributed by atoms with Gasteiger partial charge in [-0.25, -0.2) is 0 Å². The lowest BCUT2D eigenvalue weighted by Gasteiger charge is -1.85. The van der Waals surface area contributed by atoms with Crippen LogP contribution in [0.5, 0.6) is 0 Å². The molecule has 0 radical (unpaired) electrons. The molecule has 0 fully saturated rings. The maximum atomic E-state index is 9.76. The summed E-state index contributed by atoms with van der Waals surface area (Å²) in [5.41, 5.74) is 0. The molecule has 1 rings (SSSR count). The molecule has 1 N–H and O–H groups in total. The molecule has 0 aliphatic rings. The lowest BCUT2D eigenvalue weighted by atomic mass is 10.3. The van der Waals surface area contributed by atoms with E-state index in [1.807, 2.05) is 25.1 Å². The molecule has 0 bridgehead atoms. The highest BCUT2D eigenvalue weighted by Crippen LogP contribution is 1.91. The normalized spacial score (nSPS) is 7.79. The second-order valence-electron chi connectivity index (χ2n) is 2.52. The van der Waals surface area contributed by atoms with Crippen LogP contribution < -0.4 is 0 Å². The fourth-order valence-electron chi connectivity index (χ4n) is 0.641. The number of nitrogens with zero attached hydrogens (tertiary/aromatic N) is 1. The molecule has 0 aromatic carbocycles. The topological polar surface area (TPSA) is 50.2 Å². The third-order valence-electron chi connectivity index (χ3n) is 1.31. The molecular weight excluding hydrogens is 202 g/mol. The van der Waals surface area contributed by atoms with Gasteiger partial charge < -0.3 is 5.11 Å². The minimum absolute atomic E-state index is 0. The molecular formula is C10H16ClNO2. The summed E-state index contributed by atoms with van der Waals surface area (Å²) < 4.78 is 0. The Balaban J connectivity index is 0. The average Bonchev–Trinajstić information content (AvgIpc) is 2.18. The zero-order chi connectivity index (χ0) is 9.94. The first-order valence-corrected chi connectivity index (χ1v) is 4.34. The zero-order valence-electron chi connectivity index (χ0n) is 8.22. The molecule has 80 valence electrons. The molecule has 0 saturated carbocycles. The van der Waals surface area contributed by atoms with E-state index < -0.39 is 5.97 Å². The maximum absolute atomic E-state index is 9.76. The van der Waals surface area contributed by atoms with Crippen molar-refractivity contribution in [2.24, 2.45) is 0 Å². The quantitative estimate of drug-likeness (QED) is 0.847. The Morgan fingerprint density at radius 1 is 1.29 bits per heavy atom. The fourth-order valence-corrected chi connectivity index (χ4v) is 0.641. The predicted molar refractivity (Wildman–Crippen MR) is 58.6 cm³/mol. The lowest BCUT2D eigenvalue weighted by Crippen LogP contribution is -1.91. The highest BCUT2D eigenvalue weighted by atomic mass is 35.5.